The van der Waals surface area contributed by atoms with E-state index >= 15 is 0 Å². The van der Waals surface area contributed by atoms with Gasteiger partial charge in [0.05, 0.1) is 12.2 Å². The Hall–Kier alpha value is -3.58. The zero-order valence-electron chi connectivity index (χ0n) is 23.2. The Bertz CT molecular complexity index is 1350. The van der Waals surface area contributed by atoms with Crippen molar-refractivity contribution in [3.05, 3.63) is 35.2 Å². The maximum atomic E-state index is 14.8. The van der Waals surface area contributed by atoms with Gasteiger partial charge in [-0.05, 0) is 33.0 Å². The molecule has 2 aromatic rings. The fourth-order valence-electron chi connectivity index (χ4n) is 5.49. The molecule has 2 amide bonds. The predicted molar refractivity (Wildman–Crippen MR) is 150 cm³/mol. The van der Waals surface area contributed by atoms with Gasteiger partial charge in [-0.3, -0.25) is 14.4 Å². The second-order valence-electron chi connectivity index (χ2n) is 11.3. The molecule has 41 heavy (non-hydrogen) atoms. The number of benzene rings is 1. The number of likely N-dealkylation sites (tertiary alicyclic amines) is 1. The first kappa shape index (κ1) is 28.9. The molecule has 2 N–H and O–H groups in total. The molecule has 4 heterocycles. The van der Waals surface area contributed by atoms with Crippen molar-refractivity contribution in [1.29, 1.82) is 5.53 Å². The number of nitrogens with one attached hydrogen (secondary N) is 2. The van der Waals surface area contributed by atoms with Crippen molar-refractivity contribution in [2.24, 2.45) is 5.11 Å². The summed E-state index contributed by atoms with van der Waals surface area (Å²) in [5.74, 6) is -1.44. The number of carbonyl (C=O) groups is 3. The van der Waals surface area contributed by atoms with Gasteiger partial charge >= 0.3 is 0 Å². The summed E-state index contributed by atoms with van der Waals surface area (Å²) in [6.45, 7) is 6.28. The quantitative estimate of drug-likeness (QED) is 0.356. The molecule has 3 saturated heterocycles. The molecule has 1 aromatic heterocycles. The molecule has 14 heteroatoms. The Labute approximate surface area is 241 Å². The van der Waals surface area contributed by atoms with Gasteiger partial charge < -0.3 is 24.8 Å². The number of halogens is 1. The van der Waals surface area contributed by atoms with Crippen LogP contribution in [0.25, 0.3) is 11.3 Å². The maximum absolute atomic E-state index is 14.8. The Morgan fingerprint density at radius 3 is 2.63 bits per heavy atom. The van der Waals surface area contributed by atoms with Gasteiger partial charge in [-0.25, -0.2) is 9.37 Å². The number of ether oxygens (including phenoxy) is 1. The van der Waals surface area contributed by atoms with E-state index in [4.69, 9.17) is 15.3 Å². The second kappa shape index (κ2) is 11.7. The fourth-order valence-corrected chi connectivity index (χ4v) is 6.38. The van der Waals surface area contributed by atoms with Crippen LogP contribution in [0.15, 0.2) is 34.8 Å². The van der Waals surface area contributed by atoms with Crippen molar-refractivity contribution >= 4 is 34.1 Å². The molecule has 3 fully saturated rings. The van der Waals surface area contributed by atoms with Crippen molar-refractivity contribution in [3.8, 4) is 11.3 Å². The molecule has 5 rings (SSSR count). The minimum Gasteiger partial charge on any atom is -0.365 e. The summed E-state index contributed by atoms with van der Waals surface area (Å²) >= 11 is 1.58. The SMILES string of the molecule is CN1CCN(c2nc(-c3ccc(C(=O)N[C@@H](CC(C)(C)F)C(=O)N4C[C@@H](N=[N+]=N)[C@H]5OCC(=O)[C@H]54)cc3)cs2)CC1. The monoisotopic (exact) mass is 585 g/mol. The van der Waals surface area contributed by atoms with Gasteiger partial charge in [-0.1, -0.05) is 12.1 Å². The van der Waals surface area contributed by atoms with Crippen molar-refractivity contribution in [2.45, 2.75) is 50.2 Å². The normalized spacial score (nSPS) is 23.7. The maximum Gasteiger partial charge on any atom is 0.251 e. The van der Waals surface area contributed by atoms with E-state index in [1.165, 1.54) is 18.7 Å². The number of nitrogens with zero attached hydrogens (tertiary/aromatic N) is 6. The average molecular weight is 586 g/mol. The van der Waals surface area contributed by atoms with E-state index in [1.54, 1.807) is 35.6 Å². The van der Waals surface area contributed by atoms with Crippen molar-refractivity contribution in [2.75, 3.05) is 51.3 Å². The minimum absolute atomic E-state index is 0.0141. The van der Waals surface area contributed by atoms with Gasteiger partial charge in [0.15, 0.2) is 17.0 Å². The van der Waals surface area contributed by atoms with Crippen LogP contribution < -0.4 is 15.1 Å². The smallest absolute Gasteiger partial charge is 0.251 e. The number of hydrogen-bond acceptors (Lipinski definition) is 10. The van der Waals surface area contributed by atoms with E-state index in [1.807, 2.05) is 5.38 Å². The van der Waals surface area contributed by atoms with Crippen LogP contribution in [0.4, 0.5) is 9.52 Å². The molecule has 12 nitrogen and oxygen atoms in total. The van der Waals surface area contributed by atoms with Gasteiger partial charge in [0.25, 0.3) is 5.91 Å². The Morgan fingerprint density at radius 2 is 1.98 bits per heavy atom. The van der Waals surface area contributed by atoms with Crippen LogP contribution in [0.1, 0.15) is 30.6 Å². The number of amides is 2. The lowest BCUT2D eigenvalue weighted by Gasteiger charge is -2.32. The number of carbonyl (C=O) groups excluding carboxylic acids is 3. The third kappa shape index (κ3) is 6.35. The van der Waals surface area contributed by atoms with E-state index in [0.29, 0.717) is 5.56 Å². The first-order valence-electron chi connectivity index (χ1n) is 13.5. The lowest BCUT2D eigenvalue weighted by atomic mass is 9.98. The van der Waals surface area contributed by atoms with Crippen LogP contribution in [-0.4, -0.2) is 109 Å². The summed E-state index contributed by atoms with van der Waals surface area (Å²) in [6, 6.07) is 4.06. The zero-order chi connectivity index (χ0) is 29.3. The standard InChI is InChI=1S/C27H33FN8O4S/c1-27(2,28)12-18(25(39)36-13-19(32-33-29)23-22(36)21(37)14-40-23)30-24(38)17-6-4-16(5-7-17)20-15-41-26(31-20)35-10-8-34(3)9-11-35/h4-7,15,18-19,22-23,29H,8-14H2,1-3H3/p+1/t18-,19+,22+,23+/m0/s1. The van der Waals surface area contributed by atoms with Crippen LogP contribution in [-0.2, 0) is 14.3 Å². The number of fused-ring (bicyclic) bond motifs is 1. The summed E-state index contributed by atoms with van der Waals surface area (Å²) < 4.78 is 20.3. The summed E-state index contributed by atoms with van der Waals surface area (Å²) in [5, 5.41) is 9.43. The van der Waals surface area contributed by atoms with E-state index in [-0.39, 0.29) is 25.4 Å². The zero-order valence-corrected chi connectivity index (χ0v) is 24.1. The molecule has 0 radical (unpaired) electrons. The highest BCUT2D eigenvalue weighted by atomic mass is 32.1. The van der Waals surface area contributed by atoms with Crippen LogP contribution >= 0.6 is 11.3 Å². The lowest BCUT2D eigenvalue weighted by Crippen LogP contribution is -2.53. The number of anilines is 1. The third-order valence-electron chi connectivity index (χ3n) is 7.65. The van der Waals surface area contributed by atoms with Crippen molar-refractivity contribution in [1.82, 2.24) is 25.0 Å². The largest absolute Gasteiger partial charge is 0.365 e. The third-order valence-corrected chi connectivity index (χ3v) is 8.55. The second-order valence-corrected chi connectivity index (χ2v) is 12.1. The molecule has 3 aliphatic heterocycles. The number of Topliss-reactive ketones (excluding diaryl/α,β-unsaturated/α-hetero) is 1. The number of aromatic nitrogens is 1. The Morgan fingerprint density at radius 1 is 1.27 bits per heavy atom. The lowest BCUT2D eigenvalue weighted by molar-refractivity contribution is -0.138. The molecule has 0 saturated carbocycles. The van der Waals surface area contributed by atoms with Crippen molar-refractivity contribution in [3.63, 3.8) is 0 Å². The number of thiazole rings is 1. The molecule has 0 bridgehead atoms. The first-order valence-corrected chi connectivity index (χ1v) is 14.4. The Balaban J connectivity index is 1.29. The van der Waals surface area contributed by atoms with Crippen LogP contribution in [0, 0.1) is 5.53 Å². The number of likely N-dealkylation sites (N-methyl/N-ethyl adjacent to an activating group) is 1. The van der Waals surface area contributed by atoms with Gasteiger partial charge in [0.1, 0.15) is 41.1 Å². The highest BCUT2D eigenvalue weighted by molar-refractivity contribution is 7.14. The number of ketones is 1. The van der Waals surface area contributed by atoms with E-state index in [2.05, 4.69) is 32.2 Å². The van der Waals surface area contributed by atoms with Crippen molar-refractivity contribution < 1.29 is 23.5 Å². The van der Waals surface area contributed by atoms with Gasteiger partial charge in [-0.2, -0.15) is 0 Å². The fraction of sp³-hybridized carbons (Fsp3) is 0.556. The number of hydrogen-bond donors (Lipinski definition) is 2. The van der Waals surface area contributed by atoms with Crippen LogP contribution in [0.5, 0.6) is 0 Å². The van der Waals surface area contributed by atoms with E-state index in [9.17, 15) is 18.8 Å². The average Bonchev–Trinajstić information content (AvgIpc) is 3.66. The molecule has 0 aliphatic carbocycles. The number of piperazine rings is 1. The highest BCUT2D eigenvalue weighted by Gasteiger charge is 2.55. The van der Waals surface area contributed by atoms with Crippen LogP contribution in [0.3, 0.4) is 0 Å². The predicted octanol–water partition coefficient (Wildman–Crippen LogP) is 1.90. The molecular formula is C27H34FN8O4S+. The molecule has 0 spiro atoms. The van der Waals surface area contributed by atoms with Gasteiger partial charge in [0, 0.05) is 49.1 Å². The summed E-state index contributed by atoms with van der Waals surface area (Å²) in [7, 11) is 2.11. The topological polar surface area (TPSA) is 145 Å². The molecule has 4 atom stereocenters. The summed E-state index contributed by atoms with van der Waals surface area (Å²) in [5.41, 5.74) is 7.25. The summed E-state index contributed by atoms with van der Waals surface area (Å²) in [6.07, 6.45) is -1.01. The first-order chi connectivity index (χ1) is 19.5. The molecule has 218 valence electrons. The molecule has 1 aromatic carbocycles. The summed E-state index contributed by atoms with van der Waals surface area (Å²) in [4.78, 5) is 53.0. The van der Waals surface area contributed by atoms with E-state index in [0.717, 1.165) is 42.6 Å². The highest BCUT2D eigenvalue weighted by Crippen LogP contribution is 2.31. The molecule has 3 aliphatic rings. The van der Waals surface area contributed by atoms with E-state index < -0.39 is 41.7 Å². The Kier molecular flexibility index (Phi) is 8.28. The molecule has 0 unspecified atom stereocenters. The van der Waals surface area contributed by atoms with Gasteiger partial charge in [0.2, 0.25) is 10.8 Å². The van der Waals surface area contributed by atoms with Gasteiger partial charge in [-0.15, -0.1) is 11.3 Å². The number of alkyl halides is 1. The number of rotatable bonds is 8. The van der Waals surface area contributed by atoms with Crippen LogP contribution in [0.2, 0.25) is 0 Å². The molecular weight excluding hydrogens is 551 g/mol. The minimum atomic E-state index is -1.78.